The Hall–Kier alpha value is -2.25. The number of ether oxygens (including phenoxy) is 1. The number of hydrogen-bond donors (Lipinski definition) is 1. The van der Waals surface area contributed by atoms with Crippen molar-refractivity contribution < 1.29 is 17.9 Å². The topological polar surface area (TPSA) is 75.7 Å². The van der Waals surface area contributed by atoms with Gasteiger partial charge in [-0.05, 0) is 31.2 Å². The average Bonchev–Trinajstić information content (AvgIpc) is 2.59. The number of amides is 1. The molecule has 0 heterocycles. The monoisotopic (exact) mass is 396 g/mol. The highest BCUT2D eigenvalue weighted by Crippen LogP contribution is 2.29. The molecule has 2 rings (SSSR count). The van der Waals surface area contributed by atoms with Crippen LogP contribution < -0.4 is 14.4 Å². The second-order valence-corrected chi connectivity index (χ2v) is 7.79. The van der Waals surface area contributed by atoms with Gasteiger partial charge in [0.25, 0.3) is 5.91 Å². The highest BCUT2D eigenvalue weighted by Gasteiger charge is 2.21. The van der Waals surface area contributed by atoms with Crippen LogP contribution in [-0.4, -0.2) is 40.3 Å². The highest BCUT2D eigenvalue weighted by molar-refractivity contribution is 7.92. The molecular formula is C18H21ClN2O4S. The first-order valence-corrected chi connectivity index (χ1v) is 10.3. The van der Waals surface area contributed by atoms with Crippen LogP contribution in [0.2, 0.25) is 5.02 Å². The van der Waals surface area contributed by atoms with Gasteiger partial charge in [-0.25, -0.2) is 8.42 Å². The zero-order chi connectivity index (χ0) is 19.2. The van der Waals surface area contributed by atoms with E-state index >= 15 is 0 Å². The normalized spacial score (nSPS) is 11.0. The first kappa shape index (κ1) is 20.1. The second-order valence-electron chi connectivity index (χ2n) is 5.47. The smallest absolute Gasteiger partial charge is 0.252 e. The molecule has 26 heavy (non-hydrogen) atoms. The van der Waals surface area contributed by atoms with Crippen LogP contribution in [-0.2, 0) is 10.0 Å². The number of anilines is 1. The van der Waals surface area contributed by atoms with Crippen LogP contribution in [0.5, 0.6) is 5.75 Å². The van der Waals surface area contributed by atoms with Crippen molar-refractivity contribution in [2.75, 3.05) is 30.3 Å². The van der Waals surface area contributed by atoms with Crippen molar-refractivity contribution >= 4 is 33.2 Å². The van der Waals surface area contributed by atoms with E-state index in [1.54, 1.807) is 48.5 Å². The van der Waals surface area contributed by atoms with Gasteiger partial charge < -0.3 is 10.1 Å². The Labute approximate surface area is 158 Å². The van der Waals surface area contributed by atoms with Gasteiger partial charge in [-0.1, -0.05) is 35.9 Å². The third-order valence-corrected chi connectivity index (χ3v) is 5.06. The lowest BCUT2D eigenvalue weighted by Crippen LogP contribution is -2.38. The SMILES string of the molecule is CCOc1ccccc1N(CCNC(=O)c1ccccc1Cl)S(C)(=O)=O. The molecular weight excluding hydrogens is 376 g/mol. The number of carbonyl (C=O) groups is 1. The molecule has 2 aromatic rings. The minimum absolute atomic E-state index is 0.0686. The number of para-hydroxylation sites is 2. The van der Waals surface area contributed by atoms with Gasteiger partial charge in [0, 0.05) is 6.54 Å². The summed E-state index contributed by atoms with van der Waals surface area (Å²) in [5.74, 6) is 0.111. The predicted octanol–water partition coefficient (Wildman–Crippen LogP) is 2.93. The van der Waals surface area contributed by atoms with Crippen LogP contribution in [0.15, 0.2) is 48.5 Å². The van der Waals surface area contributed by atoms with E-state index in [1.165, 1.54) is 4.31 Å². The summed E-state index contributed by atoms with van der Waals surface area (Å²) in [6, 6.07) is 13.6. The van der Waals surface area contributed by atoms with Crippen LogP contribution in [0.25, 0.3) is 0 Å². The summed E-state index contributed by atoms with van der Waals surface area (Å²) in [7, 11) is -3.55. The predicted molar refractivity (Wildman–Crippen MR) is 104 cm³/mol. The maximum Gasteiger partial charge on any atom is 0.252 e. The molecule has 0 bridgehead atoms. The second kappa shape index (κ2) is 8.91. The van der Waals surface area contributed by atoms with Gasteiger partial charge in [-0.2, -0.15) is 0 Å². The fourth-order valence-corrected chi connectivity index (χ4v) is 3.57. The summed E-state index contributed by atoms with van der Waals surface area (Å²) in [5, 5.41) is 3.03. The van der Waals surface area contributed by atoms with Crippen molar-refractivity contribution in [2.45, 2.75) is 6.92 Å². The van der Waals surface area contributed by atoms with Gasteiger partial charge in [0.15, 0.2) is 0 Å². The molecule has 0 aliphatic rings. The fourth-order valence-electron chi connectivity index (χ4n) is 2.42. The third-order valence-electron chi connectivity index (χ3n) is 3.55. The summed E-state index contributed by atoms with van der Waals surface area (Å²) < 4.78 is 31.2. The molecule has 1 N–H and O–H groups in total. The lowest BCUT2D eigenvalue weighted by Gasteiger charge is -2.24. The number of sulfonamides is 1. The summed E-state index contributed by atoms with van der Waals surface area (Å²) in [5.41, 5.74) is 0.777. The molecule has 0 atom stereocenters. The summed E-state index contributed by atoms with van der Waals surface area (Å²) >= 11 is 6.00. The molecule has 0 aliphatic heterocycles. The number of nitrogens with zero attached hydrogens (tertiary/aromatic N) is 1. The number of carbonyl (C=O) groups excluding carboxylic acids is 1. The maximum atomic E-state index is 12.2. The zero-order valence-electron chi connectivity index (χ0n) is 14.6. The number of nitrogens with one attached hydrogen (secondary N) is 1. The minimum atomic E-state index is -3.55. The minimum Gasteiger partial charge on any atom is -0.492 e. The van der Waals surface area contributed by atoms with Crippen LogP contribution in [0.4, 0.5) is 5.69 Å². The van der Waals surface area contributed by atoms with Crippen LogP contribution in [0.1, 0.15) is 17.3 Å². The van der Waals surface area contributed by atoms with E-state index in [0.29, 0.717) is 28.6 Å². The number of hydrogen-bond acceptors (Lipinski definition) is 4. The average molecular weight is 397 g/mol. The molecule has 0 aliphatic carbocycles. The Kier molecular flexibility index (Phi) is 6.88. The summed E-state index contributed by atoms with van der Waals surface area (Å²) in [6.07, 6.45) is 1.12. The van der Waals surface area contributed by atoms with Gasteiger partial charge in [-0.3, -0.25) is 9.10 Å². The molecule has 6 nitrogen and oxygen atoms in total. The van der Waals surface area contributed by atoms with E-state index in [0.717, 1.165) is 6.26 Å². The maximum absolute atomic E-state index is 12.2. The summed E-state index contributed by atoms with van der Waals surface area (Å²) in [6.45, 7) is 2.43. The van der Waals surface area contributed by atoms with Crippen molar-refractivity contribution in [1.82, 2.24) is 5.32 Å². The lowest BCUT2D eigenvalue weighted by molar-refractivity contribution is 0.0955. The van der Waals surface area contributed by atoms with Crippen molar-refractivity contribution in [3.8, 4) is 5.75 Å². The van der Waals surface area contributed by atoms with E-state index in [1.807, 2.05) is 6.92 Å². The lowest BCUT2D eigenvalue weighted by atomic mass is 10.2. The van der Waals surface area contributed by atoms with Gasteiger partial charge in [0.2, 0.25) is 10.0 Å². The number of rotatable bonds is 8. The first-order chi connectivity index (χ1) is 12.3. The van der Waals surface area contributed by atoms with Crippen molar-refractivity contribution in [3.63, 3.8) is 0 Å². The van der Waals surface area contributed by atoms with Gasteiger partial charge in [0.1, 0.15) is 5.75 Å². The van der Waals surface area contributed by atoms with Gasteiger partial charge in [0.05, 0.1) is 35.7 Å². The highest BCUT2D eigenvalue weighted by atomic mass is 35.5. The molecule has 0 saturated carbocycles. The molecule has 0 aromatic heterocycles. The number of benzene rings is 2. The van der Waals surface area contributed by atoms with Crippen LogP contribution in [0.3, 0.4) is 0 Å². The van der Waals surface area contributed by atoms with E-state index in [9.17, 15) is 13.2 Å². The van der Waals surface area contributed by atoms with Crippen LogP contribution in [0, 0.1) is 0 Å². The first-order valence-electron chi connectivity index (χ1n) is 8.07. The molecule has 0 radical (unpaired) electrons. The molecule has 0 spiro atoms. The Bertz CT molecular complexity index is 871. The molecule has 0 saturated heterocycles. The van der Waals surface area contributed by atoms with Gasteiger partial charge >= 0.3 is 0 Å². The fraction of sp³-hybridized carbons (Fsp3) is 0.278. The Morgan fingerprint density at radius 3 is 2.46 bits per heavy atom. The number of halogens is 1. The van der Waals surface area contributed by atoms with Crippen molar-refractivity contribution in [3.05, 3.63) is 59.1 Å². The quantitative estimate of drug-likeness (QED) is 0.744. The molecule has 0 fully saturated rings. The van der Waals surface area contributed by atoms with Gasteiger partial charge in [-0.15, -0.1) is 0 Å². The Morgan fingerprint density at radius 2 is 1.81 bits per heavy atom. The largest absolute Gasteiger partial charge is 0.492 e. The van der Waals surface area contributed by atoms with Crippen molar-refractivity contribution in [2.24, 2.45) is 0 Å². The van der Waals surface area contributed by atoms with E-state index in [2.05, 4.69) is 5.32 Å². The van der Waals surface area contributed by atoms with E-state index in [-0.39, 0.29) is 19.0 Å². The Balaban J connectivity index is 2.13. The van der Waals surface area contributed by atoms with E-state index < -0.39 is 10.0 Å². The molecule has 2 aromatic carbocycles. The summed E-state index contributed by atoms with van der Waals surface area (Å²) in [4.78, 5) is 12.2. The standard InChI is InChI=1S/C18H21ClN2O4S/c1-3-25-17-11-7-6-10-16(17)21(26(2,23)24)13-12-20-18(22)14-8-4-5-9-15(14)19/h4-11H,3,12-13H2,1-2H3,(H,20,22). The molecule has 140 valence electrons. The van der Waals surface area contributed by atoms with Crippen molar-refractivity contribution in [1.29, 1.82) is 0 Å². The molecule has 8 heteroatoms. The van der Waals surface area contributed by atoms with Crippen LogP contribution >= 0.6 is 11.6 Å². The third kappa shape index (κ3) is 5.12. The molecule has 0 unspecified atom stereocenters. The molecule has 1 amide bonds. The zero-order valence-corrected chi connectivity index (χ0v) is 16.2. The Morgan fingerprint density at radius 1 is 1.15 bits per heavy atom. The van der Waals surface area contributed by atoms with E-state index in [4.69, 9.17) is 16.3 Å².